The first kappa shape index (κ1) is 33.4. The summed E-state index contributed by atoms with van der Waals surface area (Å²) in [7, 11) is 7.57. The molecule has 1 aliphatic carbocycles. The molecule has 3 atom stereocenters. The lowest BCUT2D eigenvalue weighted by molar-refractivity contribution is -0.150. The van der Waals surface area contributed by atoms with Gasteiger partial charge < -0.3 is 47.2 Å². The molecular formula is C36H39NO11. The van der Waals surface area contributed by atoms with Crippen molar-refractivity contribution < 1.29 is 42.7 Å². The van der Waals surface area contributed by atoms with Crippen LogP contribution in [0.1, 0.15) is 74.0 Å². The third-order valence-corrected chi connectivity index (χ3v) is 8.77. The molecule has 1 saturated heterocycles. The lowest BCUT2D eigenvalue weighted by Gasteiger charge is -2.30. The van der Waals surface area contributed by atoms with Crippen LogP contribution in [0.5, 0.6) is 23.0 Å². The van der Waals surface area contributed by atoms with E-state index in [9.17, 15) is 14.7 Å². The molecule has 2 aromatic heterocycles. The van der Waals surface area contributed by atoms with Gasteiger partial charge in [-0.15, -0.1) is 0 Å². The van der Waals surface area contributed by atoms with Crippen LogP contribution < -0.4 is 25.2 Å². The van der Waals surface area contributed by atoms with Gasteiger partial charge in [-0.25, -0.2) is 0 Å². The summed E-state index contributed by atoms with van der Waals surface area (Å²) in [6.07, 6.45) is 0.0628. The van der Waals surface area contributed by atoms with Crippen LogP contribution in [0.25, 0.3) is 21.7 Å². The highest BCUT2D eigenvalue weighted by Crippen LogP contribution is 2.49. The Morgan fingerprint density at radius 2 is 1.69 bits per heavy atom. The normalized spacial score (nSPS) is 19.5. The molecule has 2 aliphatic rings. The molecule has 12 nitrogen and oxygen atoms in total. The molecule has 3 heterocycles. The Bertz CT molecular complexity index is 2100. The zero-order chi connectivity index (χ0) is 34.5. The Labute approximate surface area is 277 Å². The number of aromatic hydroxyl groups is 1. The molecule has 4 aromatic rings. The van der Waals surface area contributed by atoms with E-state index in [0.29, 0.717) is 35.1 Å². The van der Waals surface area contributed by atoms with Crippen molar-refractivity contribution in [2.75, 3.05) is 35.2 Å². The maximum absolute atomic E-state index is 14.3. The van der Waals surface area contributed by atoms with Crippen molar-refractivity contribution >= 4 is 21.7 Å². The minimum atomic E-state index is -0.923. The van der Waals surface area contributed by atoms with Crippen molar-refractivity contribution in [3.05, 3.63) is 66.9 Å². The van der Waals surface area contributed by atoms with Gasteiger partial charge in [0, 0.05) is 43.8 Å². The average molecular weight is 662 g/mol. The highest BCUT2D eigenvalue weighted by atomic mass is 16.8. The van der Waals surface area contributed by atoms with Crippen molar-refractivity contribution in [2.24, 2.45) is 7.05 Å². The first-order valence-corrected chi connectivity index (χ1v) is 15.6. The number of phenolic OH excluding ortho intramolecular Hbond substituents is 1. The predicted octanol–water partition coefficient (Wildman–Crippen LogP) is 4.99. The number of aromatic nitrogens is 1. The molecule has 0 radical (unpaired) electrons. The zero-order valence-corrected chi connectivity index (χ0v) is 28.3. The summed E-state index contributed by atoms with van der Waals surface area (Å²) in [5.41, 5.74) is 1.19. The number of methoxy groups -OCH3 is 4. The number of benzene rings is 2. The molecule has 0 amide bonds. The molecule has 0 unspecified atom stereocenters. The summed E-state index contributed by atoms with van der Waals surface area (Å²) in [4.78, 5) is 27.5. The number of fused-ring (bicyclic) bond motifs is 5. The number of phenols is 1. The SMILES string of the molecule is CCCc1cc2c(OC)c(C#Cc3cc(OC)c4c(=O)c5c(oc4c3OC)[C@H](OCOC)C[C@H]3OC(C)(C)O[C@@H]53)cc(O)c2c(=O)n1C. The second-order valence-electron chi connectivity index (χ2n) is 12.2. The van der Waals surface area contributed by atoms with E-state index in [0.717, 1.165) is 12.1 Å². The maximum Gasteiger partial charge on any atom is 0.262 e. The number of rotatable bonds is 8. The van der Waals surface area contributed by atoms with E-state index in [1.54, 1.807) is 27.0 Å². The van der Waals surface area contributed by atoms with Crippen LogP contribution in [0.2, 0.25) is 0 Å². The minimum absolute atomic E-state index is 0.0358. The molecule has 12 heteroatoms. The number of hydrogen-bond donors (Lipinski definition) is 1. The molecule has 48 heavy (non-hydrogen) atoms. The van der Waals surface area contributed by atoms with E-state index in [2.05, 4.69) is 11.8 Å². The van der Waals surface area contributed by atoms with E-state index in [4.69, 9.17) is 37.6 Å². The first-order valence-electron chi connectivity index (χ1n) is 15.6. The molecule has 0 spiro atoms. The fraction of sp³-hybridized carbons (Fsp3) is 0.444. The summed E-state index contributed by atoms with van der Waals surface area (Å²) in [5, 5.41) is 11.7. The standard InChI is InChI=1S/C36H39NO11/c1-9-10-20-15-21-26(35(40)37(20)4)22(38)13-18(30(21)43-7)11-12-19-14-23(42-6)27-29(39)28-32(46-34(27)31(19)44-8)24(45-17-41-5)16-25-33(28)48-36(2,3)47-25/h13-15,24-25,33,38H,9-10,16-17H2,1-8H3/t24-,25-,33-/m1/s1. The summed E-state index contributed by atoms with van der Waals surface area (Å²) in [6, 6.07) is 4.83. The number of hydrogen-bond acceptors (Lipinski definition) is 11. The molecule has 1 aliphatic heterocycles. The van der Waals surface area contributed by atoms with Crippen LogP contribution in [0, 0.1) is 11.8 Å². The highest BCUT2D eigenvalue weighted by molar-refractivity contribution is 5.95. The van der Waals surface area contributed by atoms with Crippen molar-refractivity contribution in [3.8, 4) is 34.8 Å². The molecule has 254 valence electrons. The van der Waals surface area contributed by atoms with Gasteiger partial charge in [-0.05, 0) is 26.3 Å². The van der Waals surface area contributed by atoms with Crippen LogP contribution in [-0.4, -0.2) is 56.8 Å². The van der Waals surface area contributed by atoms with Crippen LogP contribution in [0.4, 0.5) is 0 Å². The largest absolute Gasteiger partial charge is 0.507 e. The smallest absolute Gasteiger partial charge is 0.262 e. The van der Waals surface area contributed by atoms with Crippen LogP contribution >= 0.6 is 0 Å². The maximum atomic E-state index is 14.3. The monoisotopic (exact) mass is 661 g/mol. The summed E-state index contributed by atoms with van der Waals surface area (Å²) < 4.78 is 48.7. The van der Waals surface area contributed by atoms with Crippen molar-refractivity contribution in [1.29, 1.82) is 0 Å². The molecule has 1 fully saturated rings. The van der Waals surface area contributed by atoms with Crippen LogP contribution in [-0.2, 0) is 32.4 Å². The van der Waals surface area contributed by atoms with Crippen molar-refractivity contribution in [3.63, 3.8) is 0 Å². The van der Waals surface area contributed by atoms with Crippen molar-refractivity contribution in [2.45, 2.75) is 64.1 Å². The Morgan fingerprint density at radius 3 is 2.33 bits per heavy atom. The van der Waals surface area contributed by atoms with Crippen molar-refractivity contribution in [1.82, 2.24) is 4.57 Å². The second-order valence-corrected chi connectivity index (χ2v) is 12.2. The van der Waals surface area contributed by atoms with E-state index in [1.165, 1.54) is 39.1 Å². The van der Waals surface area contributed by atoms with E-state index >= 15 is 0 Å². The van der Waals surface area contributed by atoms with E-state index < -0.39 is 24.1 Å². The molecule has 0 saturated carbocycles. The van der Waals surface area contributed by atoms with Gasteiger partial charge in [-0.2, -0.15) is 0 Å². The number of pyridine rings is 1. The van der Waals surface area contributed by atoms with Gasteiger partial charge in [0.1, 0.15) is 47.4 Å². The Morgan fingerprint density at radius 1 is 0.979 bits per heavy atom. The summed E-state index contributed by atoms with van der Waals surface area (Å²) in [6.45, 7) is 5.57. The minimum Gasteiger partial charge on any atom is -0.507 e. The topological polar surface area (TPSA) is 137 Å². The third-order valence-electron chi connectivity index (χ3n) is 8.77. The van der Waals surface area contributed by atoms with Crippen LogP contribution in [0.15, 0.2) is 32.2 Å². The Hall–Kier alpha value is -4.54. The lowest BCUT2D eigenvalue weighted by Crippen LogP contribution is -2.32. The second kappa shape index (κ2) is 12.8. The summed E-state index contributed by atoms with van der Waals surface area (Å²) in [5.74, 6) is 6.03. The van der Waals surface area contributed by atoms with Gasteiger partial charge in [-0.3, -0.25) is 9.59 Å². The van der Waals surface area contributed by atoms with Gasteiger partial charge in [0.15, 0.2) is 17.1 Å². The number of ether oxygens (including phenoxy) is 7. The molecule has 1 N–H and O–H groups in total. The predicted molar refractivity (Wildman–Crippen MR) is 176 cm³/mol. The third kappa shape index (κ3) is 5.46. The van der Waals surface area contributed by atoms with Gasteiger partial charge >= 0.3 is 0 Å². The molecule has 6 rings (SSSR count). The van der Waals surface area contributed by atoms with Gasteiger partial charge in [0.05, 0.1) is 49.5 Å². The fourth-order valence-electron chi connectivity index (χ4n) is 6.71. The Balaban J connectivity index is 1.57. The number of aryl methyl sites for hydroxylation is 1. The van der Waals surface area contributed by atoms with Gasteiger partial charge in [0.2, 0.25) is 5.43 Å². The lowest BCUT2D eigenvalue weighted by atomic mass is 9.88. The van der Waals surface area contributed by atoms with Crippen LogP contribution in [0.3, 0.4) is 0 Å². The summed E-state index contributed by atoms with van der Waals surface area (Å²) >= 11 is 0. The Kier molecular flexibility index (Phi) is 8.91. The molecular weight excluding hydrogens is 622 g/mol. The zero-order valence-electron chi connectivity index (χ0n) is 28.3. The molecule has 0 bridgehead atoms. The first-order chi connectivity index (χ1) is 23.0. The average Bonchev–Trinajstić information content (AvgIpc) is 3.37. The fourth-order valence-corrected chi connectivity index (χ4v) is 6.71. The van der Waals surface area contributed by atoms with Gasteiger partial charge in [0.25, 0.3) is 5.56 Å². The molecule has 2 aromatic carbocycles. The number of nitrogens with zero attached hydrogens (tertiary/aromatic N) is 1. The van der Waals surface area contributed by atoms with Gasteiger partial charge in [-0.1, -0.05) is 25.2 Å². The highest BCUT2D eigenvalue weighted by Gasteiger charge is 2.50. The van der Waals surface area contributed by atoms with E-state index in [-0.39, 0.29) is 62.7 Å². The van der Waals surface area contributed by atoms with E-state index in [1.807, 2.05) is 13.0 Å². The quantitative estimate of drug-likeness (QED) is 0.202.